The maximum atomic E-state index is 12.5. The van der Waals surface area contributed by atoms with Crippen LogP contribution in [0.1, 0.15) is 42.8 Å². The van der Waals surface area contributed by atoms with Crippen LogP contribution in [0.25, 0.3) is 0 Å². The highest BCUT2D eigenvalue weighted by Gasteiger charge is 2.29. The third kappa shape index (κ3) is 5.73. The molecule has 0 aliphatic carbocycles. The summed E-state index contributed by atoms with van der Waals surface area (Å²) in [6, 6.07) is 1.64. The summed E-state index contributed by atoms with van der Waals surface area (Å²) >= 11 is 1.66. The lowest BCUT2D eigenvalue weighted by Gasteiger charge is -2.31. The van der Waals surface area contributed by atoms with Crippen molar-refractivity contribution in [3.8, 4) is 5.88 Å². The van der Waals surface area contributed by atoms with E-state index in [-0.39, 0.29) is 18.6 Å². The molecule has 8 nitrogen and oxygen atoms in total. The third-order valence-corrected chi connectivity index (χ3v) is 6.63. The Hall–Kier alpha value is -3.33. The van der Waals surface area contributed by atoms with Crippen LogP contribution < -0.4 is 4.74 Å². The molecule has 1 unspecified atom stereocenters. The molecule has 1 amide bonds. The zero-order chi connectivity index (χ0) is 23.0. The SMILES string of the molecule is C=C/C=C(\C=C/C)C1CC(c2csc(C3CCN(C(=O)COc4ccncn4)CC3)n2)=NO1. The van der Waals surface area contributed by atoms with Gasteiger partial charge < -0.3 is 14.5 Å². The van der Waals surface area contributed by atoms with Crippen molar-refractivity contribution in [2.75, 3.05) is 19.7 Å². The number of ether oxygens (including phenoxy) is 1. The van der Waals surface area contributed by atoms with Gasteiger partial charge in [-0.25, -0.2) is 15.0 Å². The molecule has 0 N–H and O–H groups in total. The fourth-order valence-corrected chi connectivity index (χ4v) is 4.88. The third-order valence-electron chi connectivity index (χ3n) is 5.62. The number of allylic oxidation sites excluding steroid dienone is 3. The summed E-state index contributed by atoms with van der Waals surface area (Å²) in [5.74, 6) is 0.718. The van der Waals surface area contributed by atoms with Crippen LogP contribution in [0.4, 0.5) is 0 Å². The van der Waals surface area contributed by atoms with E-state index in [0.717, 1.165) is 34.8 Å². The van der Waals surface area contributed by atoms with E-state index in [0.29, 0.717) is 31.3 Å². The van der Waals surface area contributed by atoms with Crippen molar-refractivity contribution in [3.05, 3.63) is 71.1 Å². The molecule has 2 aromatic heterocycles. The number of carbonyl (C=O) groups excluding carboxylic acids is 1. The molecule has 2 aliphatic rings. The maximum absolute atomic E-state index is 12.5. The first-order chi connectivity index (χ1) is 16.2. The molecule has 33 heavy (non-hydrogen) atoms. The fraction of sp³-hybridized carbons (Fsp3) is 0.375. The second kappa shape index (κ2) is 11.0. The van der Waals surface area contributed by atoms with Crippen LogP contribution in [0.5, 0.6) is 5.88 Å². The summed E-state index contributed by atoms with van der Waals surface area (Å²) < 4.78 is 5.46. The highest BCUT2D eigenvalue weighted by atomic mass is 32.1. The van der Waals surface area contributed by atoms with Gasteiger partial charge in [-0.1, -0.05) is 36.0 Å². The smallest absolute Gasteiger partial charge is 0.260 e. The molecule has 0 spiro atoms. The lowest BCUT2D eigenvalue weighted by Crippen LogP contribution is -2.40. The highest BCUT2D eigenvalue weighted by molar-refractivity contribution is 7.10. The number of rotatable bonds is 8. The lowest BCUT2D eigenvalue weighted by molar-refractivity contribution is -0.134. The number of piperidine rings is 1. The van der Waals surface area contributed by atoms with E-state index in [1.54, 1.807) is 29.7 Å². The molecule has 2 aromatic rings. The molecule has 0 bridgehead atoms. The molecule has 4 heterocycles. The zero-order valence-electron chi connectivity index (χ0n) is 18.6. The molecule has 1 fully saturated rings. The van der Waals surface area contributed by atoms with Gasteiger partial charge in [0.05, 0.1) is 10.7 Å². The number of nitrogens with zero attached hydrogens (tertiary/aromatic N) is 5. The van der Waals surface area contributed by atoms with Gasteiger partial charge in [-0.15, -0.1) is 11.3 Å². The first-order valence-electron chi connectivity index (χ1n) is 11.0. The van der Waals surface area contributed by atoms with Crippen molar-refractivity contribution in [1.29, 1.82) is 0 Å². The molecule has 0 aromatic carbocycles. The van der Waals surface area contributed by atoms with E-state index in [2.05, 4.69) is 27.1 Å². The van der Waals surface area contributed by atoms with Gasteiger partial charge >= 0.3 is 0 Å². The summed E-state index contributed by atoms with van der Waals surface area (Å²) in [5, 5.41) is 7.44. The topological polar surface area (TPSA) is 89.8 Å². The molecule has 4 rings (SSSR count). The quantitative estimate of drug-likeness (QED) is 0.549. The minimum atomic E-state index is -0.113. The second-order valence-corrected chi connectivity index (χ2v) is 8.69. The number of likely N-dealkylation sites (tertiary alicyclic amines) is 1. The number of hydrogen-bond donors (Lipinski definition) is 0. The number of carbonyl (C=O) groups is 1. The predicted octanol–water partition coefficient (Wildman–Crippen LogP) is 3.90. The van der Waals surface area contributed by atoms with Gasteiger partial charge in [0, 0.05) is 43.1 Å². The van der Waals surface area contributed by atoms with Crippen LogP contribution in [0.15, 0.2) is 65.6 Å². The summed E-state index contributed by atoms with van der Waals surface area (Å²) in [5.41, 5.74) is 2.80. The van der Waals surface area contributed by atoms with E-state index in [1.165, 1.54) is 6.33 Å². The predicted molar refractivity (Wildman–Crippen MR) is 127 cm³/mol. The van der Waals surface area contributed by atoms with Crippen molar-refractivity contribution in [1.82, 2.24) is 19.9 Å². The molecule has 9 heteroatoms. The lowest BCUT2D eigenvalue weighted by atomic mass is 9.97. The Kier molecular flexibility index (Phi) is 7.62. The van der Waals surface area contributed by atoms with Crippen LogP contribution in [-0.4, -0.2) is 57.3 Å². The van der Waals surface area contributed by atoms with Crippen molar-refractivity contribution < 1.29 is 14.4 Å². The van der Waals surface area contributed by atoms with Crippen molar-refractivity contribution in [2.24, 2.45) is 5.16 Å². The number of amides is 1. The minimum Gasteiger partial charge on any atom is -0.467 e. The molecular weight excluding hydrogens is 438 g/mol. The van der Waals surface area contributed by atoms with Gasteiger partial charge in [0.25, 0.3) is 5.91 Å². The summed E-state index contributed by atoms with van der Waals surface area (Å²) in [6.45, 7) is 7.12. The number of hydrogen-bond acceptors (Lipinski definition) is 8. The normalized spacial score (nSPS) is 19.4. The highest BCUT2D eigenvalue weighted by Crippen LogP contribution is 2.32. The van der Waals surface area contributed by atoms with Crippen LogP contribution in [0, 0.1) is 0 Å². The Bertz CT molecular complexity index is 1060. The van der Waals surface area contributed by atoms with E-state index in [4.69, 9.17) is 14.6 Å². The number of aromatic nitrogens is 3. The van der Waals surface area contributed by atoms with Gasteiger partial charge in [0.1, 0.15) is 12.0 Å². The molecular formula is C24H27N5O3S. The Labute approximate surface area is 197 Å². The van der Waals surface area contributed by atoms with Crippen molar-refractivity contribution >= 4 is 23.0 Å². The summed E-state index contributed by atoms with van der Waals surface area (Å²) in [6.07, 6.45) is 13.0. The zero-order valence-corrected chi connectivity index (χ0v) is 19.4. The monoisotopic (exact) mass is 465 g/mol. The van der Waals surface area contributed by atoms with Crippen LogP contribution >= 0.6 is 11.3 Å². The first-order valence-corrected chi connectivity index (χ1v) is 11.9. The van der Waals surface area contributed by atoms with Gasteiger partial charge in [0.15, 0.2) is 12.7 Å². The molecule has 0 saturated carbocycles. The Morgan fingerprint density at radius 3 is 2.97 bits per heavy atom. The standard InChI is InChI=1S/C24H27N5O3S/c1-3-5-17(6-4-2)21-13-19(28-32-21)20-15-33-24(27-20)18-8-11-29(12-9-18)23(30)14-31-22-7-10-25-16-26-22/h3-7,10,15-16,18,21H,1,8-9,11-14H2,2H3/b6-4-,17-5+. The van der Waals surface area contributed by atoms with Gasteiger partial charge in [-0.2, -0.15) is 0 Å². The van der Waals surface area contributed by atoms with E-state index < -0.39 is 0 Å². The average Bonchev–Trinajstić information content (AvgIpc) is 3.53. The number of oxime groups is 1. The van der Waals surface area contributed by atoms with Gasteiger partial charge in [-0.3, -0.25) is 4.79 Å². The van der Waals surface area contributed by atoms with E-state index in [9.17, 15) is 4.79 Å². The molecule has 1 atom stereocenters. The molecule has 2 aliphatic heterocycles. The Morgan fingerprint density at radius 2 is 2.24 bits per heavy atom. The summed E-state index contributed by atoms with van der Waals surface area (Å²) in [7, 11) is 0. The van der Waals surface area contributed by atoms with Gasteiger partial charge in [-0.05, 0) is 25.3 Å². The fourth-order valence-electron chi connectivity index (χ4n) is 3.88. The summed E-state index contributed by atoms with van der Waals surface area (Å²) in [4.78, 5) is 32.6. The van der Waals surface area contributed by atoms with E-state index >= 15 is 0 Å². The minimum absolute atomic E-state index is 0.0143. The van der Waals surface area contributed by atoms with Crippen LogP contribution in [0.2, 0.25) is 0 Å². The van der Waals surface area contributed by atoms with Crippen molar-refractivity contribution in [2.45, 2.75) is 38.2 Å². The van der Waals surface area contributed by atoms with Crippen molar-refractivity contribution in [3.63, 3.8) is 0 Å². The van der Waals surface area contributed by atoms with E-state index in [1.807, 2.05) is 30.1 Å². The van der Waals surface area contributed by atoms with Crippen LogP contribution in [0.3, 0.4) is 0 Å². The van der Waals surface area contributed by atoms with Crippen LogP contribution in [-0.2, 0) is 9.63 Å². The average molecular weight is 466 g/mol. The second-order valence-electron chi connectivity index (χ2n) is 7.80. The number of thiazole rings is 1. The van der Waals surface area contributed by atoms with Gasteiger partial charge in [0.2, 0.25) is 5.88 Å². The largest absolute Gasteiger partial charge is 0.467 e. The maximum Gasteiger partial charge on any atom is 0.260 e. The Balaban J connectivity index is 1.28. The molecule has 0 radical (unpaired) electrons. The first kappa shape index (κ1) is 22.8. The molecule has 172 valence electrons. The Morgan fingerprint density at radius 1 is 1.39 bits per heavy atom. The molecule has 1 saturated heterocycles.